The topological polar surface area (TPSA) is 62.3 Å². The first-order valence-electron chi connectivity index (χ1n) is 7.10. The summed E-state index contributed by atoms with van der Waals surface area (Å²) in [6.07, 6.45) is 1.70. The summed E-state index contributed by atoms with van der Waals surface area (Å²) in [4.78, 5) is 4.33. The summed E-state index contributed by atoms with van der Waals surface area (Å²) in [6.45, 7) is 3.76. The van der Waals surface area contributed by atoms with Gasteiger partial charge >= 0.3 is 0 Å². The largest absolute Gasteiger partial charge is 0.312 e. The summed E-state index contributed by atoms with van der Waals surface area (Å²) in [5.74, 6) is 0.00801. The molecule has 1 saturated heterocycles. The van der Waals surface area contributed by atoms with Gasteiger partial charge in [-0.3, -0.25) is 4.98 Å². The Bertz CT molecular complexity index is 740. The van der Waals surface area contributed by atoms with Gasteiger partial charge in [0.05, 0.1) is 11.3 Å². The van der Waals surface area contributed by atoms with Crippen molar-refractivity contribution in [3.8, 4) is 0 Å². The predicted molar refractivity (Wildman–Crippen MR) is 83.4 cm³/mol. The van der Waals surface area contributed by atoms with Crippen LogP contribution in [-0.4, -0.2) is 43.4 Å². The molecular weight excluding hydrogens is 286 g/mol. The molecule has 1 N–H and O–H groups in total. The molecule has 1 atom stereocenters. The van der Waals surface area contributed by atoms with Gasteiger partial charge in [0, 0.05) is 37.3 Å². The molecule has 3 rings (SSSR count). The van der Waals surface area contributed by atoms with E-state index in [9.17, 15) is 8.42 Å². The zero-order valence-corrected chi connectivity index (χ0v) is 12.8. The van der Waals surface area contributed by atoms with Crippen LogP contribution in [0.4, 0.5) is 0 Å². The molecular formula is C15H19N3O2S. The molecule has 6 heteroatoms. The van der Waals surface area contributed by atoms with Gasteiger partial charge in [0.2, 0.25) is 10.0 Å². The number of benzene rings is 1. The van der Waals surface area contributed by atoms with E-state index in [0.717, 1.165) is 16.5 Å². The Balaban J connectivity index is 1.90. The summed E-state index contributed by atoms with van der Waals surface area (Å²) >= 11 is 0. The highest BCUT2D eigenvalue weighted by molar-refractivity contribution is 7.88. The van der Waals surface area contributed by atoms with Crippen molar-refractivity contribution < 1.29 is 8.42 Å². The van der Waals surface area contributed by atoms with Crippen molar-refractivity contribution in [2.45, 2.75) is 18.7 Å². The van der Waals surface area contributed by atoms with Crippen molar-refractivity contribution >= 4 is 20.9 Å². The van der Waals surface area contributed by atoms with E-state index in [1.165, 1.54) is 0 Å². The van der Waals surface area contributed by atoms with E-state index in [2.05, 4.69) is 10.3 Å². The van der Waals surface area contributed by atoms with Crippen LogP contribution in [0.15, 0.2) is 36.5 Å². The molecule has 2 aromatic rings. The van der Waals surface area contributed by atoms with E-state index >= 15 is 0 Å². The summed E-state index contributed by atoms with van der Waals surface area (Å²) in [5.41, 5.74) is 1.53. The number of rotatable bonds is 3. The molecule has 1 aromatic carbocycles. The van der Waals surface area contributed by atoms with Crippen LogP contribution in [0.3, 0.4) is 0 Å². The van der Waals surface area contributed by atoms with Gasteiger partial charge in [0.1, 0.15) is 0 Å². The van der Waals surface area contributed by atoms with E-state index in [-0.39, 0.29) is 11.8 Å². The SMILES string of the molecule is C[C@@H]1CN(S(=O)(=O)Cc2cccc3cccnc23)CCN1. The first kappa shape index (κ1) is 14.4. The number of nitrogens with one attached hydrogen (secondary N) is 1. The minimum Gasteiger partial charge on any atom is -0.312 e. The number of pyridine rings is 1. The van der Waals surface area contributed by atoms with Gasteiger partial charge < -0.3 is 5.32 Å². The Morgan fingerprint density at radius 2 is 2.14 bits per heavy atom. The molecule has 0 amide bonds. The van der Waals surface area contributed by atoms with Crippen LogP contribution in [0.25, 0.3) is 10.9 Å². The number of para-hydroxylation sites is 1. The first-order valence-corrected chi connectivity index (χ1v) is 8.71. The number of fused-ring (bicyclic) bond motifs is 1. The molecule has 0 bridgehead atoms. The molecule has 1 aliphatic rings. The standard InChI is InChI=1S/C15H19N3O2S/c1-12-10-18(9-8-16-12)21(19,20)11-14-5-2-4-13-6-3-7-17-15(13)14/h2-7,12,16H,8-11H2,1H3/t12-/m1/s1. The van der Waals surface area contributed by atoms with Gasteiger partial charge in [-0.05, 0) is 18.6 Å². The third-order valence-electron chi connectivity index (χ3n) is 3.78. The molecule has 1 aliphatic heterocycles. The number of piperazine rings is 1. The smallest absolute Gasteiger partial charge is 0.218 e. The Morgan fingerprint density at radius 1 is 1.33 bits per heavy atom. The van der Waals surface area contributed by atoms with Gasteiger partial charge in [-0.1, -0.05) is 24.3 Å². The molecule has 0 spiro atoms. The average Bonchev–Trinajstić information content (AvgIpc) is 2.47. The van der Waals surface area contributed by atoms with Crippen molar-refractivity contribution in [3.63, 3.8) is 0 Å². The summed E-state index contributed by atoms with van der Waals surface area (Å²) in [7, 11) is -3.31. The van der Waals surface area contributed by atoms with Gasteiger partial charge in [-0.25, -0.2) is 8.42 Å². The number of sulfonamides is 1. The van der Waals surface area contributed by atoms with Crippen LogP contribution in [0.2, 0.25) is 0 Å². The van der Waals surface area contributed by atoms with Crippen molar-refractivity contribution in [2.24, 2.45) is 0 Å². The van der Waals surface area contributed by atoms with Crippen molar-refractivity contribution in [1.29, 1.82) is 0 Å². The number of hydrogen-bond acceptors (Lipinski definition) is 4. The second kappa shape index (κ2) is 5.71. The molecule has 1 aromatic heterocycles. The molecule has 2 heterocycles. The normalized spacial score (nSPS) is 20.7. The molecule has 0 saturated carbocycles. The number of hydrogen-bond donors (Lipinski definition) is 1. The molecule has 5 nitrogen and oxygen atoms in total. The highest BCUT2D eigenvalue weighted by Crippen LogP contribution is 2.20. The summed E-state index contributed by atoms with van der Waals surface area (Å²) < 4.78 is 26.8. The zero-order chi connectivity index (χ0) is 14.9. The first-order chi connectivity index (χ1) is 10.1. The minimum absolute atomic E-state index is 0.00801. The second-order valence-corrected chi connectivity index (χ2v) is 7.43. The maximum Gasteiger partial charge on any atom is 0.218 e. The van der Waals surface area contributed by atoms with Gasteiger partial charge in [0.15, 0.2) is 0 Å². The molecule has 0 unspecified atom stereocenters. The molecule has 21 heavy (non-hydrogen) atoms. The fourth-order valence-corrected chi connectivity index (χ4v) is 4.35. The van der Waals surface area contributed by atoms with Crippen LogP contribution in [0.5, 0.6) is 0 Å². The highest BCUT2D eigenvalue weighted by Gasteiger charge is 2.27. The Labute approximate surface area is 125 Å². The van der Waals surface area contributed by atoms with Gasteiger partial charge in [0.25, 0.3) is 0 Å². The summed E-state index contributed by atoms with van der Waals surface area (Å²) in [5, 5.41) is 4.23. The molecule has 0 radical (unpaired) electrons. The van der Waals surface area contributed by atoms with Crippen LogP contribution in [-0.2, 0) is 15.8 Å². The van der Waals surface area contributed by atoms with E-state index in [1.807, 2.05) is 37.3 Å². The minimum atomic E-state index is -3.31. The number of aromatic nitrogens is 1. The molecule has 0 aliphatic carbocycles. The predicted octanol–water partition coefficient (Wildman–Crippen LogP) is 1.36. The third-order valence-corrected chi connectivity index (χ3v) is 5.57. The maximum atomic E-state index is 12.6. The van der Waals surface area contributed by atoms with Crippen LogP contribution in [0.1, 0.15) is 12.5 Å². The average molecular weight is 305 g/mol. The molecule has 1 fully saturated rings. The Hall–Kier alpha value is -1.50. The highest BCUT2D eigenvalue weighted by atomic mass is 32.2. The van der Waals surface area contributed by atoms with Crippen molar-refractivity contribution in [2.75, 3.05) is 19.6 Å². The quantitative estimate of drug-likeness (QED) is 0.930. The van der Waals surface area contributed by atoms with Gasteiger partial charge in [-0.2, -0.15) is 4.31 Å². The lowest BCUT2D eigenvalue weighted by atomic mass is 10.1. The number of nitrogens with zero attached hydrogens (tertiary/aromatic N) is 2. The van der Waals surface area contributed by atoms with Crippen molar-refractivity contribution in [3.05, 3.63) is 42.1 Å². The summed E-state index contributed by atoms with van der Waals surface area (Å²) in [6, 6.07) is 9.68. The lowest BCUT2D eigenvalue weighted by Crippen LogP contribution is -2.51. The van der Waals surface area contributed by atoms with E-state index < -0.39 is 10.0 Å². The van der Waals surface area contributed by atoms with E-state index in [0.29, 0.717) is 19.6 Å². The van der Waals surface area contributed by atoms with Gasteiger partial charge in [-0.15, -0.1) is 0 Å². The monoisotopic (exact) mass is 305 g/mol. The Morgan fingerprint density at radius 3 is 2.95 bits per heavy atom. The fourth-order valence-electron chi connectivity index (χ4n) is 2.72. The van der Waals surface area contributed by atoms with Crippen molar-refractivity contribution in [1.82, 2.24) is 14.6 Å². The van der Waals surface area contributed by atoms with Crippen LogP contribution >= 0.6 is 0 Å². The van der Waals surface area contributed by atoms with E-state index in [4.69, 9.17) is 0 Å². The van der Waals surface area contributed by atoms with Crippen LogP contribution < -0.4 is 5.32 Å². The fraction of sp³-hybridized carbons (Fsp3) is 0.400. The second-order valence-electron chi connectivity index (χ2n) is 5.46. The van der Waals surface area contributed by atoms with Crippen LogP contribution in [0, 0.1) is 0 Å². The maximum absolute atomic E-state index is 12.6. The lowest BCUT2D eigenvalue weighted by Gasteiger charge is -2.31. The lowest BCUT2D eigenvalue weighted by molar-refractivity contribution is 0.310. The van der Waals surface area contributed by atoms with E-state index in [1.54, 1.807) is 10.5 Å². The third kappa shape index (κ3) is 3.07. The zero-order valence-electron chi connectivity index (χ0n) is 12.0. The molecule has 112 valence electrons. The Kier molecular flexibility index (Phi) is 3.93.